The van der Waals surface area contributed by atoms with E-state index in [0.29, 0.717) is 18.8 Å². The van der Waals surface area contributed by atoms with Gasteiger partial charge in [-0.3, -0.25) is 9.59 Å². The number of rotatable bonds is 4. The molecule has 1 aliphatic rings. The molecule has 0 saturated carbocycles. The number of hydrogen-bond donors (Lipinski definition) is 1. The van der Waals surface area contributed by atoms with Gasteiger partial charge in [0.05, 0.1) is 16.5 Å². The molecular weight excluding hydrogens is 364 g/mol. The number of aromatic nitrogens is 3. The van der Waals surface area contributed by atoms with E-state index < -0.39 is 11.9 Å². The fourth-order valence-electron chi connectivity index (χ4n) is 3.40. The molecule has 3 heterocycles. The van der Waals surface area contributed by atoms with Crippen LogP contribution in [0.3, 0.4) is 0 Å². The molecule has 0 aliphatic carbocycles. The molecule has 1 aromatic carbocycles. The molecule has 27 heavy (non-hydrogen) atoms. The maximum absolute atomic E-state index is 13.0. The van der Waals surface area contributed by atoms with Gasteiger partial charge in [-0.15, -0.1) is 16.4 Å². The average molecular weight is 382 g/mol. The smallest absolute Gasteiger partial charge is 0.308 e. The lowest BCUT2D eigenvalue weighted by Crippen LogP contribution is -2.38. The number of carbonyl (C=O) groups excluding carboxylic acids is 1. The van der Waals surface area contributed by atoms with Crippen molar-refractivity contribution in [1.82, 2.24) is 19.7 Å². The topological polar surface area (TPSA) is 88.3 Å². The number of hydrogen-bond acceptors (Lipinski definition) is 5. The molecule has 2 unspecified atom stereocenters. The lowest BCUT2D eigenvalue weighted by atomic mass is 10.0. The van der Waals surface area contributed by atoms with Crippen LogP contribution in [-0.4, -0.2) is 49.2 Å². The molecule has 3 aromatic rings. The summed E-state index contributed by atoms with van der Waals surface area (Å²) >= 11 is 1.52. The van der Waals surface area contributed by atoms with E-state index >= 15 is 0 Å². The minimum absolute atomic E-state index is 0.0835. The number of aliphatic carboxylic acids is 1. The van der Waals surface area contributed by atoms with E-state index in [1.165, 1.54) is 11.3 Å². The third-order valence-corrected chi connectivity index (χ3v) is 5.74. The second kappa shape index (κ2) is 6.96. The second-order valence-corrected chi connectivity index (χ2v) is 7.40. The second-order valence-electron chi connectivity index (χ2n) is 6.46. The predicted octanol–water partition coefficient (Wildman–Crippen LogP) is 2.93. The molecule has 0 bridgehead atoms. The van der Waals surface area contributed by atoms with E-state index in [1.807, 2.05) is 47.8 Å². The van der Waals surface area contributed by atoms with Gasteiger partial charge in [0.2, 0.25) is 5.82 Å². The summed E-state index contributed by atoms with van der Waals surface area (Å²) in [5, 5.41) is 15.7. The summed E-state index contributed by atoms with van der Waals surface area (Å²) in [6.07, 6.45) is 0.444. The first-order chi connectivity index (χ1) is 13.1. The summed E-state index contributed by atoms with van der Waals surface area (Å²) in [5.74, 6) is -1.08. The molecule has 138 valence electrons. The van der Waals surface area contributed by atoms with Crippen molar-refractivity contribution in [3.8, 4) is 16.4 Å². The molecule has 1 saturated heterocycles. The Balaban J connectivity index is 1.72. The SMILES string of the molecule is CC1C(C(=O)O)CCN1C(=O)c1nc(-c2cccs2)n(-c2ccccc2)n1. The van der Waals surface area contributed by atoms with Crippen LogP contribution in [0, 0.1) is 5.92 Å². The highest BCUT2D eigenvalue weighted by atomic mass is 32.1. The van der Waals surface area contributed by atoms with Crippen LogP contribution in [0.15, 0.2) is 47.8 Å². The summed E-state index contributed by atoms with van der Waals surface area (Å²) in [4.78, 5) is 31.3. The molecule has 2 aromatic heterocycles. The normalized spacial score (nSPS) is 19.4. The number of carbonyl (C=O) groups is 2. The molecule has 7 nitrogen and oxygen atoms in total. The fourth-order valence-corrected chi connectivity index (χ4v) is 4.10. The average Bonchev–Trinajstić information content (AvgIpc) is 3.40. The van der Waals surface area contributed by atoms with Gasteiger partial charge in [0.15, 0.2) is 5.82 Å². The molecular formula is C19H18N4O3S. The van der Waals surface area contributed by atoms with Crippen LogP contribution in [0.2, 0.25) is 0 Å². The summed E-state index contributed by atoms with van der Waals surface area (Å²) in [6, 6.07) is 13.0. The Morgan fingerprint density at radius 1 is 1.19 bits per heavy atom. The van der Waals surface area contributed by atoms with Gasteiger partial charge in [-0.1, -0.05) is 24.3 Å². The molecule has 4 rings (SSSR count). The Morgan fingerprint density at radius 3 is 2.59 bits per heavy atom. The van der Waals surface area contributed by atoms with Crippen LogP contribution in [0.4, 0.5) is 0 Å². The van der Waals surface area contributed by atoms with Gasteiger partial charge < -0.3 is 10.0 Å². The van der Waals surface area contributed by atoms with E-state index in [4.69, 9.17) is 0 Å². The van der Waals surface area contributed by atoms with Gasteiger partial charge in [-0.05, 0) is 36.9 Å². The van der Waals surface area contributed by atoms with Crippen molar-refractivity contribution in [2.45, 2.75) is 19.4 Å². The maximum Gasteiger partial charge on any atom is 0.308 e. The third kappa shape index (κ3) is 3.12. The minimum Gasteiger partial charge on any atom is -0.481 e. The van der Waals surface area contributed by atoms with Crippen molar-refractivity contribution in [2.75, 3.05) is 6.54 Å². The van der Waals surface area contributed by atoms with Crippen LogP contribution < -0.4 is 0 Å². The lowest BCUT2D eigenvalue weighted by Gasteiger charge is -2.21. The number of carboxylic acids is 1. The van der Waals surface area contributed by atoms with Crippen LogP contribution in [0.25, 0.3) is 16.4 Å². The molecule has 2 atom stereocenters. The third-order valence-electron chi connectivity index (χ3n) is 4.87. The van der Waals surface area contributed by atoms with Gasteiger partial charge in [-0.2, -0.15) is 0 Å². The van der Waals surface area contributed by atoms with Crippen molar-refractivity contribution >= 4 is 23.2 Å². The molecule has 1 amide bonds. The Kier molecular flexibility index (Phi) is 4.49. The fraction of sp³-hybridized carbons (Fsp3) is 0.263. The number of carboxylic acid groups (broad SMARTS) is 1. The molecule has 1 fully saturated rings. The van der Waals surface area contributed by atoms with Gasteiger partial charge in [0.25, 0.3) is 5.91 Å². The zero-order valence-electron chi connectivity index (χ0n) is 14.6. The van der Waals surface area contributed by atoms with Crippen LogP contribution >= 0.6 is 11.3 Å². The van der Waals surface area contributed by atoms with Crippen molar-refractivity contribution in [1.29, 1.82) is 0 Å². The van der Waals surface area contributed by atoms with E-state index in [2.05, 4.69) is 10.1 Å². The van der Waals surface area contributed by atoms with Gasteiger partial charge in [0.1, 0.15) is 0 Å². The number of benzene rings is 1. The predicted molar refractivity (Wildman–Crippen MR) is 101 cm³/mol. The Bertz CT molecular complexity index is 968. The standard InChI is InChI=1S/C19H18N4O3S/c1-12-14(19(25)26)9-10-22(12)18(24)16-20-17(15-8-5-11-27-15)23(21-16)13-6-3-2-4-7-13/h2-8,11-12,14H,9-10H2,1H3,(H,25,26). The quantitative estimate of drug-likeness (QED) is 0.749. The first-order valence-corrected chi connectivity index (χ1v) is 9.54. The maximum atomic E-state index is 13.0. The van der Waals surface area contributed by atoms with Crippen molar-refractivity contribution in [3.05, 3.63) is 53.7 Å². The van der Waals surface area contributed by atoms with Crippen molar-refractivity contribution in [3.63, 3.8) is 0 Å². The molecule has 0 spiro atoms. The summed E-state index contributed by atoms with van der Waals surface area (Å²) < 4.78 is 1.66. The molecule has 1 aliphatic heterocycles. The van der Waals surface area contributed by atoms with Gasteiger partial charge in [-0.25, -0.2) is 9.67 Å². The highest BCUT2D eigenvalue weighted by molar-refractivity contribution is 7.13. The van der Waals surface area contributed by atoms with Gasteiger partial charge in [0, 0.05) is 12.6 Å². The first kappa shape index (κ1) is 17.4. The van der Waals surface area contributed by atoms with E-state index in [9.17, 15) is 14.7 Å². The Hall–Kier alpha value is -3.00. The lowest BCUT2D eigenvalue weighted by molar-refractivity contribution is -0.142. The number of thiophene rings is 1. The molecule has 8 heteroatoms. The highest BCUT2D eigenvalue weighted by Crippen LogP contribution is 2.28. The summed E-state index contributed by atoms with van der Waals surface area (Å²) in [7, 11) is 0. The summed E-state index contributed by atoms with van der Waals surface area (Å²) in [5.41, 5.74) is 0.810. The van der Waals surface area contributed by atoms with Crippen LogP contribution in [0.5, 0.6) is 0 Å². The Labute approximate surface area is 159 Å². The zero-order valence-corrected chi connectivity index (χ0v) is 15.5. The monoisotopic (exact) mass is 382 g/mol. The van der Waals surface area contributed by atoms with Crippen LogP contribution in [-0.2, 0) is 4.79 Å². The Morgan fingerprint density at radius 2 is 1.96 bits per heavy atom. The highest BCUT2D eigenvalue weighted by Gasteiger charge is 2.39. The number of likely N-dealkylation sites (tertiary alicyclic amines) is 1. The van der Waals surface area contributed by atoms with E-state index in [0.717, 1.165) is 10.6 Å². The minimum atomic E-state index is -0.875. The molecule has 1 N–H and O–H groups in total. The number of para-hydroxylation sites is 1. The first-order valence-electron chi connectivity index (χ1n) is 8.66. The van der Waals surface area contributed by atoms with E-state index in [1.54, 1.807) is 16.5 Å². The van der Waals surface area contributed by atoms with E-state index in [-0.39, 0.29) is 17.8 Å². The zero-order chi connectivity index (χ0) is 19.0. The van der Waals surface area contributed by atoms with Crippen molar-refractivity contribution < 1.29 is 14.7 Å². The largest absolute Gasteiger partial charge is 0.481 e. The summed E-state index contributed by atoms with van der Waals surface area (Å²) in [6.45, 7) is 2.16. The van der Waals surface area contributed by atoms with Gasteiger partial charge >= 0.3 is 5.97 Å². The van der Waals surface area contributed by atoms with Crippen LogP contribution in [0.1, 0.15) is 24.0 Å². The van der Waals surface area contributed by atoms with Crippen molar-refractivity contribution in [2.24, 2.45) is 5.92 Å². The number of amides is 1. The number of nitrogens with zero attached hydrogens (tertiary/aromatic N) is 4. The molecule has 0 radical (unpaired) electrons.